The topological polar surface area (TPSA) is 58.6 Å². The van der Waals surface area contributed by atoms with E-state index in [-0.39, 0.29) is 27.8 Å². The Balaban J connectivity index is 2.25. The highest BCUT2D eigenvalue weighted by Crippen LogP contribution is 2.23. The number of methoxy groups -OCH3 is 1. The Kier molecular flexibility index (Phi) is 5.41. The van der Waals surface area contributed by atoms with E-state index in [1.54, 1.807) is 20.2 Å². The number of nitrogens with zero attached hydrogens (tertiary/aromatic N) is 1. The summed E-state index contributed by atoms with van der Waals surface area (Å²) in [5, 5.41) is 2.89. The normalized spacial score (nSPS) is 10.2. The molecule has 0 radical (unpaired) electrons. The number of carbonyl (C=O) groups is 2. The molecule has 0 unspecified atom stereocenters. The smallest absolute Gasteiger partial charge is 0.255 e. The van der Waals surface area contributed by atoms with Crippen LogP contribution in [0.2, 0.25) is 5.02 Å². The van der Waals surface area contributed by atoms with Crippen LogP contribution in [0, 0.1) is 5.82 Å². The molecule has 0 spiro atoms. The van der Waals surface area contributed by atoms with Gasteiger partial charge < -0.3 is 15.0 Å². The largest absolute Gasteiger partial charge is 0.494 e. The molecule has 0 bridgehead atoms. The third kappa shape index (κ3) is 3.83. The van der Waals surface area contributed by atoms with Gasteiger partial charge in [0, 0.05) is 25.3 Å². The van der Waals surface area contributed by atoms with E-state index < -0.39 is 11.7 Å². The van der Waals surface area contributed by atoms with Crippen molar-refractivity contribution in [2.45, 2.75) is 0 Å². The lowest BCUT2D eigenvalue weighted by atomic mass is 10.1. The first-order valence-electron chi connectivity index (χ1n) is 6.99. The minimum absolute atomic E-state index is 0.0527. The fourth-order valence-electron chi connectivity index (χ4n) is 2.02. The molecular formula is C17H16ClFN2O3. The lowest BCUT2D eigenvalue weighted by molar-refractivity contribution is 0.0827. The van der Waals surface area contributed by atoms with Gasteiger partial charge in [-0.3, -0.25) is 9.59 Å². The highest BCUT2D eigenvalue weighted by molar-refractivity contribution is 6.34. The maximum Gasteiger partial charge on any atom is 0.255 e. The molecule has 0 heterocycles. The summed E-state index contributed by atoms with van der Waals surface area (Å²) in [6, 6.07) is 8.44. The number of hydrogen-bond donors (Lipinski definition) is 1. The van der Waals surface area contributed by atoms with Gasteiger partial charge in [0.2, 0.25) is 0 Å². The van der Waals surface area contributed by atoms with Crippen LogP contribution in [0.5, 0.6) is 5.75 Å². The van der Waals surface area contributed by atoms with Crippen molar-refractivity contribution in [3.63, 3.8) is 0 Å². The number of halogens is 2. The predicted molar refractivity (Wildman–Crippen MR) is 90.4 cm³/mol. The van der Waals surface area contributed by atoms with Gasteiger partial charge in [-0.1, -0.05) is 11.6 Å². The van der Waals surface area contributed by atoms with E-state index in [1.807, 2.05) is 0 Å². The summed E-state index contributed by atoms with van der Waals surface area (Å²) in [4.78, 5) is 25.7. The summed E-state index contributed by atoms with van der Waals surface area (Å²) in [6.45, 7) is 0. The molecule has 0 aliphatic rings. The Hall–Kier alpha value is -2.60. The second-order valence-corrected chi connectivity index (χ2v) is 5.60. The van der Waals surface area contributed by atoms with Crippen molar-refractivity contribution in [2.75, 3.05) is 26.5 Å². The fraction of sp³-hybridized carbons (Fsp3) is 0.176. The number of carbonyl (C=O) groups excluding carboxylic acids is 2. The minimum Gasteiger partial charge on any atom is -0.494 e. The Labute approximate surface area is 144 Å². The molecule has 0 aliphatic carbocycles. The molecule has 1 N–H and O–H groups in total. The van der Waals surface area contributed by atoms with Crippen molar-refractivity contribution in [3.05, 3.63) is 58.4 Å². The number of amides is 2. The zero-order chi connectivity index (χ0) is 17.9. The SMILES string of the molecule is COc1ccc(C(=O)Nc2ccc(Cl)c(C(=O)N(C)C)c2)cc1F. The summed E-state index contributed by atoms with van der Waals surface area (Å²) in [5.74, 6) is -1.38. The molecule has 0 fully saturated rings. The molecular weight excluding hydrogens is 335 g/mol. The Morgan fingerprint density at radius 1 is 1.17 bits per heavy atom. The Bertz CT molecular complexity index is 793. The van der Waals surface area contributed by atoms with Crippen molar-refractivity contribution >= 4 is 29.1 Å². The third-order valence-corrected chi connectivity index (χ3v) is 3.60. The minimum atomic E-state index is -0.635. The van der Waals surface area contributed by atoms with Crippen molar-refractivity contribution < 1.29 is 18.7 Å². The van der Waals surface area contributed by atoms with Gasteiger partial charge in [-0.05, 0) is 36.4 Å². The highest BCUT2D eigenvalue weighted by Gasteiger charge is 2.15. The average molecular weight is 351 g/mol. The summed E-state index contributed by atoms with van der Waals surface area (Å²) < 4.78 is 18.5. The van der Waals surface area contributed by atoms with Crippen LogP contribution in [0.3, 0.4) is 0 Å². The van der Waals surface area contributed by atoms with Gasteiger partial charge in [0.1, 0.15) is 0 Å². The van der Waals surface area contributed by atoms with Crippen molar-refractivity contribution in [3.8, 4) is 5.75 Å². The van der Waals surface area contributed by atoms with E-state index >= 15 is 0 Å². The number of nitrogens with one attached hydrogen (secondary N) is 1. The lowest BCUT2D eigenvalue weighted by Crippen LogP contribution is -2.22. The molecule has 7 heteroatoms. The molecule has 5 nitrogen and oxygen atoms in total. The first-order valence-corrected chi connectivity index (χ1v) is 7.37. The molecule has 2 aromatic rings. The van der Waals surface area contributed by atoms with Crippen LogP contribution in [0.4, 0.5) is 10.1 Å². The number of ether oxygens (including phenoxy) is 1. The summed E-state index contributed by atoms with van der Waals surface area (Å²) >= 11 is 6.02. The van der Waals surface area contributed by atoms with E-state index in [2.05, 4.69) is 5.32 Å². The van der Waals surface area contributed by atoms with Crippen molar-refractivity contribution in [1.29, 1.82) is 0 Å². The Morgan fingerprint density at radius 3 is 2.46 bits per heavy atom. The van der Waals surface area contributed by atoms with E-state index in [9.17, 15) is 14.0 Å². The van der Waals surface area contributed by atoms with Crippen LogP contribution >= 0.6 is 11.6 Å². The quantitative estimate of drug-likeness (QED) is 0.918. The number of benzene rings is 2. The zero-order valence-corrected chi connectivity index (χ0v) is 14.1. The van der Waals surface area contributed by atoms with Gasteiger partial charge in [0.25, 0.3) is 11.8 Å². The second kappa shape index (κ2) is 7.31. The maximum atomic E-state index is 13.7. The Morgan fingerprint density at radius 2 is 1.88 bits per heavy atom. The molecule has 24 heavy (non-hydrogen) atoms. The average Bonchev–Trinajstić information content (AvgIpc) is 2.55. The number of anilines is 1. The molecule has 0 saturated carbocycles. The van der Waals surface area contributed by atoms with Crippen LogP contribution in [0.15, 0.2) is 36.4 Å². The summed E-state index contributed by atoms with van der Waals surface area (Å²) in [7, 11) is 4.54. The molecule has 126 valence electrons. The van der Waals surface area contributed by atoms with Crippen LogP contribution in [0.25, 0.3) is 0 Å². The molecule has 0 saturated heterocycles. The van der Waals surface area contributed by atoms with Crippen LogP contribution in [0.1, 0.15) is 20.7 Å². The fourth-order valence-corrected chi connectivity index (χ4v) is 2.22. The number of hydrogen-bond acceptors (Lipinski definition) is 3. The molecule has 0 aliphatic heterocycles. The van der Waals surface area contributed by atoms with Crippen LogP contribution in [-0.4, -0.2) is 37.9 Å². The van der Waals surface area contributed by atoms with Gasteiger partial charge in [-0.15, -0.1) is 0 Å². The van der Waals surface area contributed by atoms with E-state index in [1.165, 1.54) is 36.3 Å². The standard InChI is InChI=1S/C17H16ClFN2O3/c1-21(2)17(23)12-9-11(5-6-13(12)18)20-16(22)10-4-7-15(24-3)14(19)8-10/h4-9H,1-3H3,(H,20,22). The van der Waals surface area contributed by atoms with E-state index in [4.69, 9.17) is 16.3 Å². The molecule has 2 aromatic carbocycles. The summed E-state index contributed by atoms with van der Waals surface area (Å²) in [6.07, 6.45) is 0. The zero-order valence-electron chi connectivity index (χ0n) is 13.4. The molecule has 0 atom stereocenters. The lowest BCUT2D eigenvalue weighted by Gasteiger charge is -2.13. The van der Waals surface area contributed by atoms with Gasteiger partial charge in [-0.25, -0.2) is 4.39 Å². The second-order valence-electron chi connectivity index (χ2n) is 5.20. The maximum absolute atomic E-state index is 13.7. The van der Waals surface area contributed by atoms with Crippen LogP contribution < -0.4 is 10.1 Å². The first kappa shape index (κ1) is 17.7. The van der Waals surface area contributed by atoms with E-state index in [0.29, 0.717) is 5.69 Å². The van der Waals surface area contributed by atoms with Crippen molar-refractivity contribution in [2.24, 2.45) is 0 Å². The molecule has 2 amide bonds. The first-order chi connectivity index (χ1) is 11.3. The predicted octanol–water partition coefficient (Wildman–Crippen LogP) is 3.44. The summed E-state index contributed by atoms with van der Waals surface area (Å²) in [5.41, 5.74) is 0.773. The van der Waals surface area contributed by atoms with Gasteiger partial charge in [0.15, 0.2) is 11.6 Å². The molecule has 0 aromatic heterocycles. The number of rotatable bonds is 4. The highest BCUT2D eigenvalue weighted by atomic mass is 35.5. The van der Waals surface area contributed by atoms with Gasteiger partial charge >= 0.3 is 0 Å². The van der Waals surface area contributed by atoms with Gasteiger partial charge in [-0.2, -0.15) is 0 Å². The third-order valence-electron chi connectivity index (χ3n) is 3.27. The van der Waals surface area contributed by atoms with Crippen molar-refractivity contribution in [1.82, 2.24) is 4.90 Å². The van der Waals surface area contributed by atoms with Gasteiger partial charge in [0.05, 0.1) is 17.7 Å². The molecule has 2 rings (SSSR count). The monoisotopic (exact) mass is 350 g/mol. The van der Waals surface area contributed by atoms with E-state index in [0.717, 1.165) is 6.07 Å². The van der Waals surface area contributed by atoms with Crippen LogP contribution in [-0.2, 0) is 0 Å².